The van der Waals surface area contributed by atoms with Crippen LogP contribution >= 0.6 is 23.2 Å². The molecule has 25 heavy (non-hydrogen) atoms. The molecular formula is C17H17Cl2N3O3. The topological polar surface area (TPSA) is 87.2 Å². The maximum absolute atomic E-state index is 11.7. The molecule has 0 aliphatic carbocycles. The summed E-state index contributed by atoms with van der Waals surface area (Å²) in [5.41, 5.74) is 7.28. The van der Waals surface area contributed by atoms with Gasteiger partial charge in [-0.2, -0.15) is 5.10 Å². The number of aromatic nitrogens is 2. The molecule has 0 bridgehead atoms. The molecule has 1 aromatic carbocycles. The lowest BCUT2D eigenvalue weighted by Crippen LogP contribution is -2.29. The first-order valence-corrected chi connectivity index (χ1v) is 8.19. The third-order valence-corrected chi connectivity index (χ3v) is 4.09. The molecule has 0 radical (unpaired) electrons. The highest BCUT2D eigenvalue weighted by Crippen LogP contribution is 2.22. The summed E-state index contributed by atoms with van der Waals surface area (Å²) in [5.74, 6) is -1.40. The van der Waals surface area contributed by atoms with Gasteiger partial charge >= 0.3 is 5.97 Å². The minimum absolute atomic E-state index is 0.388. The van der Waals surface area contributed by atoms with Gasteiger partial charge in [0.1, 0.15) is 5.15 Å². The Morgan fingerprint density at radius 1 is 1.32 bits per heavy atom. The van der Waals surface area contributed by atoms with Crippen molar-refractivity contribution in [1.29, 1.82) is 0 Å². The van der Waals surface area contributed by atoms with Crippen molar-refractivity contribution in [3.05, 3.63) is 57.3 Å². The van der Waals surface area contributed by atoms with E-state index in [0.29, 0.717) is 28.0 Å². The number of benzene rings is 1. The Labute approximate surface area is 155 Å². The summed E-state index contributed by atoms with van der Waals surface area (Å²) in [6.45, 7) is 3.64. The van der Waals surface area contributed by atoms with Crippen molar-refractivity contribution in [1.82, 2.24) is 9.78 Å². The van der Waals surface area contributed by atoms with Crippen LogP contribution in [-0.2, 0) is 20.9 Å². The lowest BCUT2D eigenvalue weighted by Gasteiger charge is -2.06. The molecule has 1 atom stereocenters. The van der Waals surface area contributed by atoms with E-state index in [2.05, 4.69) is 5.10 Å². The number of esters is 1. The van der Waals surface area contributed by atoms with Crippen LogP contribution in [0.5, 0.6) is 0 Å². The summed E-state index contributed by atoms with van der Waals surface area (Å²) in [6, 6.07) is 7.34. The Bertz CT molecular complexity index is 813. The SMILES string of the molecule is Cc1nn(Cc2ccc(Cl)cc2)c(Cl)c1/C=C/C(=O)O[C@@H](C)C(N)=O. The smallest absolute Gasteiger partial charge is 0.331 e. The molecule has 0 unspecified atom stereocenters. The van der Waals surface area contributed by atoms with Gasteiger partial charge < -0.3 is 10.5 Å². The van der Waals surface area contributed by atoms with Gasteiger partial charge in [0.05, 0.1) is 12.2 Å². The normalized spacial score (nSPS) is 12.3. The standard InChI is InChI=1S/C17H17Cl2N3O3/c1-10-14(7-8-15(23)25-11(2)17(20)24)16(19)22(21-10)9-12-3-5-13(18)6-4-12/h3-8,11H,9H2,1-2H3,(H2,20,24)/b8-7+/t11-/m0/s1. The van der Waals surface area contributed by atoms with Gasteiger partial charge in [0, 0.05) is 16.7 Å². The first-order valence-electron chi connectivity index (χ1n) is 7.43. The Morgan fingerprint density at radius 2 is 1.96 bits per heavy atom. The van der Waals surface area contributed by atoms with E-state index in [4.69, 9.17) is 33.7 Å². The molecule has 0 fully saturated rings. The number of halogens is 2. The molecule has 0 aliphatic heterocycles. The minimum Gasteiger partial charge on any atom is -0.449 e. The number of ether oxygens (including phenoxy) is 1. The molecule has 1 aromatic heterocycles. The van der Waals surface area contributed by atoms with E-state index >= 15 is 0 Å². The van der Waals surface area contributed by atoms with Gasteiger partial charge in [0.15, 0.2) is 6.10 Å². The van der Waals surface area contributed by atoms with Crippen molar-refractivity contribution in [3.63, 3.8) is 0 Å². The number of amides is 1. The fraction of sp³-hybridized carbons (Fsp3) is 0.235. The van der Waals surface area contributed by atoms with E-state index in [1.807, 2.05) is 12.1 Å². The Morgan fingerprint density at radius 3 is 2.56 bits per heavy atom. The van der Waals surface area contributed by atoms with Crippen molar-refractivity contribution in [3.8, 4) is 0 Å². The maximum Gasteiger partial charge on any atom is 0.331 e. The number of aryl methyl sites for hydroxylation is 1. The number of carbonyl (C=O) groups is 2. The molecule has 2 aromatic rings. The zero-order chi connectivity index (χ0) is 18.6. The van der Waals surface area contributed by atoms with Crippen molar-refractivity contribution in [2.45, 2.75) is 26.5 Å². The van der Waals surface area contributed by atoms with E-state index < -0.39 is 18.0 Å². The number of hydrogen-bond donors (Lipinski definition) is 1. The summed E-state index contributed by atoms with van der Waals surface area (Å²) in [6.07, 6.45) is 1.68. The second-order valence-corrected chi connectivity index (χ2v) is 6.18. The Balaban J connectivity index is 2.13. The molecule has 132 valence electrons. The molecular weight excluding hydrogens is 365 g/mol. The summed E-state index contributed by atoms with van der Waals surface area (Å²) < 4.78 is 6.47. The van der Waals surface area contributed by atoms with E-state index in [1.54, 1.807) is 23.7 Å². The highest BCUT2D eigenvalue weighted by Gasteiger charge is 2.14. The predicted molar refractivity (Wildman–Crippen MR) is 96.3 cm³/mol. The average Bonchev–Trinajstić information content (AvgIpc) is 2.81. The van der Waals surface area contributed by atoms with Gasteiger partial charge in [-0.3, -0.25) is 4.79 Å². The van der Waals surface area contributed by atoms with Crippen molar-refractivity contribution in [2.24, 2.45) is 5.73 Å². The van der Waals surface area contributed by atoms with Gasteiger partial charge in [-0.1, -0.05) is 35.3 Å². The van der Waals surface area contributed by atoms with Crippen molar-refractivity contribution in [2.75, 3.05) is 0 Å². The van der Waals surface area contributed by atoms with Crippen LogP contribution in [0, 0.1) is 6.92 Å². The van der Waals surface area contributed by atoms with Gasteiger partial charge in [-0.05, 0) is 37.6 Å². The molecule has 0 saturated carbocycles. The lowest BCUT2D eigenvalue weighted by molar-refractivity contribution is -0.148. The number of hydrogen-bond acceptors (Lipinski definition) is 4. The zero-order valence-electron chi connectivity index (χ0n) is 13.7. The van der Waals surface area contributed by atoms with Crippen LogP contribution in [0.2, 0.25) is 10.2 Å². The van der Waals surface area contributed by atoms with Gasteiger partial charge in [0.2, 0.25) is 0 Å². The van der Waals surface area contributed by atoms with E-state index in [0.717, 1.165) is 5.56 Å². The molecule has 0 aliphatic rings. The van der Waals surface area contributed by atoms with Crippen molar-refractivity contribution < 1.29 is 14.3 Å². The fourth-order valence-corrected chi connectivity index (χ4v) is 2.47. The van der Waals surface area contributed by atoms with E-state index in [9.17, 15) is 9.59 Å². The van der Waals surface area contributed by atoms with Gasteiger partial charge in [-0.25, -0.2) is 9.48 Å². The average molecular weight is 382 g/mol. The van der Waals surface area contributed by atoms with Crippen LogP contribution in [0.3, 0.4) is 0 Å². The lowest BCUT2D eigenvalue weighted by atomic mass is 10.2. The second kappa shape index (κ2) is 8.18. The summed E-state index contributed by atoms with van der Waals surface area (Å²) >= 11 is 12.2. The molecule has 0 spiro atoms. The highest BCUT2D eigenvalue weighted by molar-refractivity contribution is 6.31. The van der Waals surface area contributed by atoms with Crippen LogP contribution in [0.15, 0.2) is 30.3 Å². The predicted octanol–water partition coefficient (Wildman–Crippen LogP) is 2.98. The molecule has 8 heteroatoms. The number of nitrogens with two attached hydrogens (primary N) is 1. The molecule has 0 saturated heterocycles. The van der Waals surface area contributed by atoms with E-state index in [-0.39, 0.29) is 0 Å². The Kier molecular flexibility index (Phi) is 6.22. The summed E-state index contributed by atoms with van der Waals surface area (Å²) in [4.78, 5) is 22.6. The van der Waals surface area contributed by atoms with Crippen LogP contribution < -0.4 is 5.73 Å². The van der Waals surface area contributed by atoms with Crippen LogP contribution in [0.1, 0.15) is 23.7 Å². The number of nitrogens with zero attached hydrogens (tertiary/aromatic N) is 2. The first-order chi connectivity index (χ1) is 11.8. The molecule has 1 amide bonds. The third-order valence-electron chi connectivity index (χ3n) is 3.43. The Hall–Kier alpha value is -2.31. The van der Waals surface area contributed by atoms with Crippen LogP contribution in [0.4, 0.5) is 0 Å². The monoisotopic (exact) mass is 381 g/mol. The summed E-state index contributed by atoms with van der Waals surface area (Å²) in [7, 11) is 0. The van der Waals surface area contributed by atoms with Crippen LogP contribution in [-0.4, -0.2) is 27.8 Å². The largest absolute Gasteiger partial charge is 0.449 e. The van der Waals surface area contributed by atoms with Crippen molar-refractivity contribution >= 4 is 41.2 Å². The first kappa shape index (κ1) is 19.0. The zero-order valence-corrected chi connectivity index (χ0v) is 15.2. The fourth-order valence-electron chi connectivity index (χ4n) is 2.05. The van der Waals surface area contributed by atoms with Gasteiger partial charge in [0.25, 0.3) is 5.91 Å². The van der Waals surface area contributed by atoms with Crippen LogP contribution in [0.25, 0.3) is 6.08 Å². The third kappa shape index (κ3) is 5.08. The molecule has 2 rings (SSSR count). The quantitative estimate of drug-likeness (QED) is 0.615. The number of rotatable bonds is 6. The number of carbonyl (C=O) groups excluding carboxylic acids is 2. The molecule has 1 heterocycles. The van der Waals surface area contributed by atoms with E-state index in [1.165, 1.54) is 19.1 Å². The minimum atomic E-state index is -0.999. The summed E-state index contributed by atoms with van der Waals surface area (Å²) in [5, 5.41) is 5.41. The highest BCUT2D eigenvalue weighted by atomic mass is 35.5. The maximum atomic E-state index is 11.7. The molecule has 2 N–H and O–H groups in total. The van der Waals surface area contributed by atoms with Gasteiger partial charge in [-0.15, -0.1) is 0 Å². The second-order valence-electron chi connectivity index (χ2n) is 5.39. The molecule has 6 nitrogen and oxygen atoms in total. The number of primary amides is 1.